The third-order valence-corrected chi connectivity index (χ3v) is 9.54. The molecule has 1 aromatic heterocycles. The van der Waals surface area contributed by atoms with Gasteiger partial charge in [-0.1, -0.05) is 6.07 Å². The Balaban J connectivity index is 1.12. The topological polar surface area (TPSA) is 92.7 Å². The van der Waals surface area contributed by atoms with Gasteiger partial charge in [0.15, 0.2) is 0 Å². The molecule has 4 atom stereocenters. The van der Waals surface area contributed by atoms with E-state index in [-0.39, 0.29) is 11.9 Å². The highest BCUT2D eigenvalue weighted by Gasteiger charge is 2.47. The van der Waals surface area contributed by atoms with Gasteiger partial charge in [0.2, 0.25) is 5.91 Å². The van der Waals surface area contributed by atoms with Gasteiger partial charge in [0.25, 0.3) is 0 Å². The van der Waals surface area contributed by atoms with Crippen LogP contribution in [0.15, 0.2) is 48.7 Å². The highest BCUT2D eigenvalue weighted by Crippen LogP contribution is 2.39. The molecule has 1 amide bonds. The summed E-state index contributed by atoms with van der Waals surface area (Å²) in [6.45, 7) is 10.5. The second kappa shape index (κ2) is 9.18. The Morgan fingerprint density at radius 2 is 1.90 bits per heavy atom. The molecule has 0 radical (unpaired) electrons. The van der Waals surface area contributed by atoms with Crippen molar-refractivity contribution in [2.24, 2.45) is 5.73 Å². The van der Waals surface area contributed by atoms with Gasteiger partial charge in [-0.15, -0.1) is 0 Å². The van der Waals surface area contributed by atoms with Gasteiger partial charge in [-0.25, -0.2) is 0 Å². The molecular weight excluding hydrogens is 498 g/mol. The van der Waals surface area contributed by atoms with Gasteiger partial charge in [-0.2, -0.15) is 5.26 Å². The first-order valence-corrected chi connectivity index (χ1v) is 14.5. The van der Waals surface area contributed by atoms with Crippen LogP contribution in [-0.4, -0.2) is 76.6 Å². The fourth-order valence-corrected chi connectivity index (χ4v) is 7.59. The lowest BCUT2D eigenvalue weighted by molar-refractivity contribution is -0.136. The number of likely N-dealkylation sites (tertiary alicyclic amines) is 1. The Bertz CT molecular complexity index is 1540. The number of carbonyl (C=O) groups is 1. The van der Waals surface area contributed by atoms with E-state index in [1.807, 2.05) is 17.0 Å². The lowest BCUT2D eigenvalue weighted by Gasteiger charge is -2.49. The number of anilines is 2. The van der Waals surface area contributed by atoms with Crippen LogP contribution in [0.25, 0.3) is 10.9 Å². The summed E-state index contributed by atoms with van der Waals surface area (Å²) in [4.78, 5) is 27.1. The number of amides is 1. The number of hydrogen-bond acceptors (Lipinski definition) is 7. The van der Waals surface area contributed by atoms with Crippen LogP contribution in [0.4, 0.5) is 11.4 Å². The molecule has 0 spiro atoms. The minimum atomic E-state index is -0.821. The zero-order valence-electron chi connectivity index (χ0n) is 23.5. The minimum Gasteiger partial charge on any atom is -0.368 e. The Kier molecular flexibility index (Phi) is 5.81. The molecule has 3 fully saturated rings. The molecule has 2 aromatic carbocycles. The van der Waals surface area contributed by atoms with E-state index in [0.29, 0.717) is 23.7 Å². The van der Waals surface area contributed by atoms with Crippen LogP contribution in [0, 0.1) is 11.3 Å². The lowest BCUT2D eigenvalue weighted by atomic mass is 9.89. The van der Waals surface area contributed by atoms with Gasteiger partial charge < -0.3 is 20.4 Å². The standard InChI is InChI=1S/C32H37N7O/c1-20-15-36(29-9-7-21(14-33)30-28(29)5-4-10-35-30)17-25-12-23-11-24(8-6-22(23)16-37(20)25)38-18-27-13-26(38)19-39(27)31(40)32(2,3)34/h4-11,20,25-27H,12-13,15-19,34H2,1-3H3/t20-,25+,26+,27+/m1/s1. The van der Waals surface area contributed by atoms with Crippen LogP contribution in [0.1, 0.15) is 43.9 Å². The SMILES string of the molecule is C[C@@H]1CN(c2ccc(C#N)c3ncccc23)C[C@@H]2Cc3cc(N4C[C@@H]5C[C@H]4CN5C(=O)C(C)(C)N)ccc3CN21. The predicted molar refractivity (Wildman–Crippen MR) is 157 cm³/mol. The Morgan fingerprint density at radius 1 is 1.05 bits per heavy atom. The number of aromatic nitrogens is 1. The molecule has 7 rings (SSSR count). The van der Waals surface area contributed by atoms with E-state index >= 15 is 0 Å². The van der Waals surface area contributed by atoms with E-state index in [9.17, 15) is 10.1 Å². The average molecular weight is 536 g/mol. The van der Waals surface area contributed by atoms with Gasteiger partial charge in [0.1, 0.15) is 6.07 Å². The molecule has 4 aliphatic rings. The lowest BCUT2D eigenvalue weighted by Crippen LogP contribution is -2.59. The molecule has 206 valence electrons. The zero-order chi connectivity index (χ0) is 27.8. The molecule has 3 aromatic rings. The van der Waals surface area contributed by atoms with E-state index in [4.69, 9.17) is 5.73 Å². The zero-order valence-corrected chi connectivity index (χ0v) is 23.5. The number of nitrogens with zero attached hydrogens (tertiary/aromatic N) is 6. The number of nitriles is 1. The second-order valence-corrected chi connectivity index (χ2v) is 12.8. The molecule has 8 heteroatoms. The molecule has 3 saturated heterocycles. The minimum absolute atomic E-state index is 0.0620. The fourth-order valence-electron chi connectivity index (χ4n) is 7.59. The molecule has 4 aliphatic heterocycles. The van der Waals surface area contributed by atoms with Crippen molar-refractivity contribution in [2.75, 3.05) is 36.0 Å². The smallest absolute Gasteiger partial charge is 0.242 e. The summed E-state index contributed by atoms with van der Waals surface area (Å²) in [5.74, 6) is 0.0620. The van der Waals surface area contributed by atoms with Gasteiger partial charge in [-0.3, -0.25) is 14.7 Å². The van der Waals surface area contributed by atoms with E-state index in [2.05, 4.69) is 63.0 Å². The third kappa shape index (κ3) is 4.03. The maximum atomic E-state index is 12.8. The van der Waals surface area contributed by atoms with Gasteiger partial charge >= 0.3 is 0 Å². The van der Waals surface area contributed by atoms with E-state index in [1.54, 1.807) is 20.0 Å². The first kappa shape index (κ1) is 25.3. The van der Waals surface area contributed by atoms with E-state index < -0.39 is 5.54 Å². The summed E-state index contributed by atoms with van der Waals surface area (Å²) in [5.41, 5.74) is 12.0. The predicted octanol–water partition coefficient (Wildman–Crippen LogP) is 3.27. The second-order valence-electron chi connectivity index (χ2n) is 12.8. The maximum Gasteiger partial charge on any atom is 0.242 e. The summed E-state index contributed by atoms with van der Waals surface area (Å²) < 4.78 is 0. The highest BCUT2D eigenvalue weighted by atomic mass is 16.2. The number of fused-ring (bicyclic) bond motifs is 5. The molecule has 2 N–H and O–H groups in total. The molecule has 0 aliphatic carbocycles. The van der Waals surface area contributed by atoms with Gasteiger partial charge in [0.05, 0.1) is 22.7 Å². The molecule has 40 heavy (non-hydrogen) atoms. The van der Waals surface area contributed by atoms with Crippen LogP contribution < -0.4 is 15.5 Å². The van der Waals surface area contributed by atoms with Crippen LogP contribution in [0.5, 0.6) is 0 Å². The highest BCUT2D eigenvalue weighted by molar-refractivity contribution is 5.95. The third-order valence-electron chi connectivity index (χ3n) is 9.54. The first-order chi connectivity index (χ1) is 19.2. The Labute approximate surface area is 236 Å². The molecular formula is C32H37N7O. The van der Waals surface area contributed by atoms with Crippen molar-refractivity contribution in [3.63, 3.8) is 0 Å². The summed E-state index contributed by atoms with van der Waals surface area (Å²) in [5, 5.41) is 10.6. The number of benzene rings is 2. The van der Waals surface area contributed by atoms with Crippen molar-refractivity contribution in [3.8, 4) is 6.07 Å². The normalized spacial score (nSPS) is 26.1. The number of carbonyl (C=O) groups excluding carboxylic acids is 1. The summed E-state index contributed by atoms with van der Waals surface area (Å²) >= 11 is 0. The monoisotopic (exact) mass is 535 g/mol. The van der Waals surface area contributed by atoms with Gasteiger partial charge in [0, 0.05) is 73.8 Å². The van der Waals surface area contributed by atoms with Crippen molar-refractivity contribution in [1.29, 1.82) is 5.26 Å². The number of pyridine rings is 1. The number of nitrogens with two attached hydrogens (primary N) is 1. The molecule has 2 bridgehead atoms. The van der Waals surface area contributed by atoms with Gasteiger partial charge in [-0.05, 0) is 81.1 Å². The number of hydrogen-bond donors (Lipinski definition) is 1. The van der Waals surface area contributed by atoms with Crippen LogP contribution in [0.3, 0.4) is 0 Å². The molecule has 0 unspecified atom stereocenters. The quantitative estimate of drug-likeness (QED) is 0.550. The maximum absolute atomic E-state index is 12.8. The van der Waals surface area contributed by atoms with Crippen molar-refractivity contribution in [2.45, 2.75) is 69.9 Å². The van der Waals surface area contributed by atoms with Crippen molar-refractivity contribution in [1.82, 2.24) is 14.8 Å². The molecule has 5 heterocycles. The van der Waals surface area contributed by atoms with Crippen molar-refractivity contribution in [3.05, 3.63) is 65.4 Å². The van der Waals surface area contributed by atoms with Crippen molar-refractivity contribution < 1.29 is 4.79 Å². The number of rotatable bonds is 3. The van der Waals surface area contributed by atoms with E-state index in [0.717, 1.165) is 56.5 Å². The largest absolute Gasteiger partial charge is 0.368 e. The first-order valence-electron chi connectivity index (χ1n) is 14.5. The number of piperazine rings is 2. The van der Waals surface area contributed by atoms with Crippen LogP contribution >= 0.6 is 0 Å². The fraction of sp³-hybridized carbons (Fsp3) is 0.469. The van der Waals surface area contributed by atoms with Crippen LogP contribution in [-0.2, 0) is 17.8 Å². The Hall–Kier alpha value is -3.67. The van der Waals surface area contributed by atoms with Crippen LogP contribution in [0.2, 0.25) is 0 Å². The summed E-state index contributed by atoms with van der Waals surface area (Å²) in [7, 11) is 0. The summed E-state index contributed by atoms with van der Waals surface area (Å²) in [6.07, 6.45) is 3.81. The molecule has 8 nitrogen and oxygen atoms in total. The molecule has 0 saturated carbocycles. The summed E-state index contributed by atoms with van der Waals surface area (Å²) in [6, 6.07) is 18.8. The Morgan fingerprint density at radius 3 is 2.65 bits per heavy atom. The van der Waals surface area contributed by atoms with E-state index in [1.165, 1.54) is 22.5 Å². The van der Waals surface area contributed by atoms with Crippen molar-refractivity contribution >= 4 is 28.2 Å². The average Bonchev–Trinajstić information content (AvgIpc) is 3.56.